The maximum absolute atomic E-state index is 11.9. The van der Waals surface area contributed by atoms with Crippen molar-refractivity contribution in [3.05, 3.63) is 52.0 Å². The second-order valence-electron chi connectivity index (χ2n) is 11.8. The first-order chi connectivity index (χ1) is 20.9. The lowest BCUT2D eigenvalue weighted by molar-refractivity contribution is 0.119. The van der Waals surface area contributed by atoms with Crippen LogP contribution in [0.3, 0.4) is 0 Å². The molecule has 0 bridgehead atoms. The summed E-state index contributed by atoms with van der Waals surface area (Å²) in [6.07, 6.45) is 5.50. The second kappa shape index (κ2) is 12.3. The van der Waals surface area contributed by atoms with Gasteiger partial charge in [-0.2, -0.15) is 10.5 Å². The van der Waals surface area contributed by atoms with E-state index in [4.69, 9.17) is 21.3 Å². The number of aryl methyl sites for hydroxylation is 1. The van der Waals surface area contributed by atoms with Gasteiger partial charge >= 0.3 is 6.09 Å². The van der Waals surface area contributed by atoms with Crippen molar-refractivity contribution in [1.29, 1.82) is 10.5 Å². The third-order valence-electron chi connectivity index (χ3n) is 9.27. The molecular formula is C33H35ClN6O3. The number of carbonyl (C=O) groups is 1. The molecule has 1 aliphatic carbocycles. The Balaban J connectivity index is 1.49. The van der Waals surface area contributed by atoms with Crippen molar-refractivity contribution in [2.45, 2.75) is 57.0 Å². The number of benzene rings is 2. The van der Waals surface area contributed by atoms with Crippen LogP contribution < -0.4 is 9.64 Å². The Bertz CT molecular complexity index is 1650. The molecule has 3 heterocycles. The molecule has 222 valence electrons. The zero-order valence-electron chi connectivity index (χ0n) is 24.4. The van der Waals surface area contributed by atoms with Gasteiger partial charge in [0.05, 0.1) is 29.7 Å². The highest BCUT2D eigenvalue weighted by Crippen LogP contribution is 2.42. The Morgan fingerprint density at radius 1 is 1.12 bits per heavy atom. The lowest BCUT2D eigenvalue weighted by Crippen LogP contribution is -2.55. The lowest BCUT2D eigenvalue weighted by atomic mass is 9.85. The lowest BCUT2D eigenvalue weighted by Gasteiger charge is -2.41. The molecule has 3 aliphatic rings. The number of amides is 1. The summed E-state index contributed by atoms with van der Waals surface area (Å²) in [5, 5.41) is 31.0. The maximum Gasteiger partial charge on any atom is 0.407 e. The summed E-state index contributed by atoms with van der Waals surface area (Å²) >= 11 is 7.04. The van der Waals surface area contributed by atoms with Crippen molar-refractivity contribution in [3.63, 3.8) is 0 Å². The molecule has 3 aromatic rings. The van der Waals surface area contributed by atoms with E-state index >= 15 is 0 Å². The molecule has 1 N–H and O–H groups in total. The summed E-state index contributed by atoms with van der Waals surface area (Å²) in [5.74, 6) is 0.270. The fraction of sp³-hybridized carbons (Fsp3) is 0.455. The Morgan fingerprint density at radius 2 is 1.95 bits per heavy atom. The van der Waals surface area contributed by atoms with Crippen LogP contribution in [0.5, 0.6) is 5.88 Å². The van der Waals surface area contributed by atoms with Crippen molar-refractivity contribution >= 4 is 34.3 Å². The zero-order chi connectivity index (χ0) is 30.1. The molecule has 10 heteroatoms. The van der Waals surface area contributed by atoms with Crippen LogP contribution in [0.1, 0.15) is 48.8 Å². The molecule has 1 unspecified atom stereocenters. The van der Waals surface area contributed by atoms with Crippen molar-refractivity contribution in [2.75, 3.05) is 44.7 Å². The van der Waals surface area contributed by atoms with E-state index in [9.17, 15) is 20.4 Å². The Morgan fingerprint density at radius 3 is 2.70 bits per heavy atom. The summed E-state index contributed by atoms with van der Waals surface area (Å²) in [7, 11) is 2.08. The predicted molar refractivity (Wildman–Crippen MR) is 166 cm³/mol. The van der Waals surface area contributed by atoms with E-state index in [2.05, 4.69) is 42.3 Å². The van der Waals surface area contributed by atoms with Gasteiger partial charge in [0, 0.05) is 41.6 Å². The van der Waals surface area contributed by atoms with Gasteiger partial charge in [-0.25, -0.2) is 9.78 Å². The standard InChI is InChI=1S/C33H35ClN6O3/c1-38-13-5-8-23(38)20-43-32-28(18-36)31(39-14-15-40(33(41)42)22(19-39)11-12-35)27-16-29(34)26(17-30(27)37-32)25-10-4-7-21-6-2-3-9-24(21)25/h4,7,10,16-17,22-23H,2-3,5-6,8-9,11,13-15,19-20H2,1H3,(H,41,42)/t22?,23-/m0/s1. The van der Waals surface area contributed by atoms with Crippen LogP contribution in [-0.4, -0.2) is 77.9 Å². The highest BCUT2D eigenvalue weighted by atomic mass is 35.5. The maximum atomic E-state index is 11.9. The van der Waals surface area contributed by atoms with E-state index in [1.807, 2.05) is 17.0 Å². The number of hydrogen-bond acceptors (Lipinski definition) is 7. The van der Waals surface area contributed by atoms with E-state index in [-0.39, 0.29) is 31.4 Å². The van der Waals surface area contributed by atoms with Crippen LogP contribution >= 0.6 is 11.6 Å². The summed E-state index contributed by atoms with van der Waals surface area (Å²) in [6, 6.07) is 14.5. The predicted octanol–water partition coefficient (Wildman–Crippen LogP) is 5.86. The monoisotopic (exact) mass is 598 g/mol. The van der Waals surface area contributed by atoms with Crippen LogP contribution in [0.2, 0.25) is 5.02 Å². The molecule has 2 fully saturated rings. The number of nitriles is 2. The average Bonchev–Trinajstić information content (AvgIpc) is 3.43. The zero-order valence-corrected chi connectivity index (χ0v) is 25.1. The van der Waals surface area contributed by atoms with E-state index in [1.54, 1.807) is 0 Å². The number of pyridine rings is 1. The fourth-order valence-corrected chi connectivity index (χ4v) is 7.24. The SMILES string of the molecule is CN1CCC[C@H]1COc1nc2cc(-c3cccc4c3CCCC4)c(Cl)cc2c(N2CCN(C(=O)O)C(CC#N)C2)c1C#N. The first-order valence-electron chi connectivity index (χ1n) is 15.0. The van der Waals surface area contributed by atoms with Gasteiger partial charge in [-0.1, -0.05) is 29.8 Å². The van der Waals surface area contributed by atoms with Crippen LogP contribution in [0.4, 0.5) is 10.5 Å². The van der Waals surface area contributed by atoms with E-state index < -0.39 is 12.1 Å². The number of nitrogens with zero attached hydrogens (tertiary/aromatic N) is 6. The van der Waals surface area contributed by atoms with Gasteiger partial charge < -0.3 is 24.5 Å². The Kier molecular flexibility index (Phi) is 8.30. The molecule has 2 atom stereocenters. The number of likely N-dealkylation sites (tertiary alicyclic amines) is 1. The summed E-state index contributed by atoms with van der Waals surface area (Å²) in [5.41, 5.74) is 6.28. The number of likely N-dealkylation sites (N-methyl/N-ethyl adjacent to an activating group) is 1. The minimum atomic E-state index is -1.05. The van der Waals surface area contributed by atoms with E-state index in [1.165, 1.54) is 22.4 Å². The minimum Gasteiger partial charge on any atom is -0.475 e. The number of piperazine rings is 1. The Hall–Kier alpha value is -4.05. The number of halogens is 1. The van der Waals surface area contributed by atoms with Gasteiger partial charge in [0.1, 0.15) is 18.2 Å². The van der Waals surface area contributed by atoms with Gasteiger partial charge in [-0.3, -0.25) is 0 Å². The number of ether oxygens (including phenoxy) is 1. The van der Waals surface area contributed by atoms with Gasteiger partial charge in [-0.15, -0.1) is 0 Å². The quantitative estimate of drug-likeness (QED) is 0.375. The van der Waals surface area contributed by atoms with Crippen LogP contribution in [0.15, 0.2) is 30.3 Å². The molecule has 0 radical (unpaired) electrons. The largest absolute Gasteiger partial charge is 0.475 e. The molecule has 2 aliphatic heterocycles. The molecule has 0 spiro atoms. The normalized spacial score (nSPS) is 20.5. The third kappa shape index (κ3) is 5.56. The third-order valence-corrected chi connectivity index (χ3v) is 9.58. The summed E-state index contributed by atoms with van der Waals surface area (Å²) in [4.78, 5) is 22.4. The number of rotatable bonds is 6. The van der Waals surface area contributed by atoms with Crippen LogP contribution in [0, 0.1) is 22.7 Å². The highest BCUT2D eigenvalue weighted by molar-refractivity contribution is 6.34. The minimum absolute atomic E-state index is 0.0507. The summed E-state index contributed by atoms with van der Waals surface area (Å²) in [6.45, 7) is 2.26. The number of anilines is 1. The number of fused-ring (bicyclic) bond motifs is 2. The number of aromatic nitrogens is 1. The summed E-state index contributed by atoms with van der Waals surface area (Å²) < 4.78 is 6.33. The smallest absolute Gasteiger partial charge is 0.407 e. The van der Waals surface area contributed by atoms with Crippen molar-refractivity contribution in [1.82, 2.24) is 14.8 Å². The average molecular weight is 599 g/mol. The van der Waals surface area contributed by atoms with Crippen LogP contribution in [0.25, 0.3) is 22.0 Å². The molecule has 6 rings (SSSR count). The topological polar surface area (TPSA) is 117 Å². The molecule has 43 heavy (non-hydrogen) atoms. The Labute approximate surface area is 256 Å². The van der Waals surface area contributed by atoms with E-state index in [0.29, 0.717) is 40.3 Å². The molecule has 1 amide bonds. The molecule has 9 nitrogen and oxygen atoms in total. The molecule has 2 saturated heterocycles. The highest BCUT2D eigenvalue weighted by Gasteiger charge is 2.34. The molecule has 1 aromatic heterocycles. The van der Waals surface area contributed by atoms with Gasteiger partial charge in [0.2, 0.25) is 5.88 Å². The fourth-order valence-electron chi connectivity index (χ4n) is 6.97. The first kappa shape index (κ1) is 29.0. The first-order valence-corrected chi connectivity index (χ1v) is 15.4. The second-order valence-corrected chi connectivity index (χ2v) is 12.2. The number of hydrogen-bond donors (Lipinski definition) is 1. The van der Waals surface area contributed by atoms with E-state index in [0.717, 1.165) is 49.8 Å². The van der Waals surface area contributed by atoms with Crippen molar-refractivity contribution < 1.29 is 14.6 Å². The molecular weight excluding hydrogens is 564 g/mol. The molecule has 0 saturated carbocycles. The van der Waals surface area contributed by atoms with Crippen molar-refractivity contribution in [3.8, 4) is 29.1 Å². The van der Waals surface area contributed by atoms with Crippen LogP contribution in [-0.2, 0) is 12.8 Å². The van der Waals surface area contributed by atoms with Gasteiger partial charge in [0.15, 0.2) is 0 Å². The van der Waals surface area contributed by atoms with Crippen molar-refractivity contribution in [2.24, 2.45) is 0 Å². The van der Waals surface area contributed by atoms with Gasteiger partial charge in [-0.05, 0) is 80.9 Å². The molecule has 2 aromatic carbocycles. The number of carboxylic acid groups (broad SMARTS) is 1. The van der Waals surface area contributed by atoms with Gasteiger partial charge in [0.25, 0.3) is 0 Å².